The van der Waals surface area contributed by atoms with Crippen LogP contribution in [0.4, 0.5) is 0 Å². The van der Waals surface area contributed by atoms with Crippen molar-refractivity contribution >= 4 is 0 Å². The number of ether oxygens (including phenoxy) is 1. The maximum atomic E-state index is 5.82. The molecule has 2 rings (SSSR count). The second-order valence-electron chi connectivity index (χ2n) is 5.54. The summed E-state index contributed by atoms with van der Waals surface area (Å²) in [6, 6.07) is 12.6. The molecule has 0 saturated heterocycles. The summed E-state index contributed by atoms with van der Waals surface area (Å²) in [5.74, 6) is 6.69. The van der Waals surface area contributed by atoms with Crippen LogP contribution in [0.15, 0.2) is 36.4 Å². The molecule has 21 heavy (non-hydrogen) atoms. The molecule has 0 fully saturated rings. The van der Waals surface area contributed by atoms with Crippen molar-refractivity contribution in [2.75, 3.05) is 7.11 Å². The van der Waals surface area contributed by atoms with Gasteiger partial charge in [-0.2, -0.15) is 0 Å². The van der Waals surface area contributed by atoms with E-state index in [0.717, 1.165) is 17.7 Å². The Hall–Kier alpha value is -1.84. The van der Waals surface area contributed by atoms with Gasteiger partial charge in [-0.3, -0.25) is 11.3 Å². The molecule has 0 amide bonds. The van der Waals surface area contributed by atoms with Crippen LogP contribution in [-0.2, 0) is 6.42 Å². The quantitative estimate of drug-likeness (QED) is 0.653. The minimum Gasteiger partial charge on any atom is -0.496 e. The van der Waals surface area contributed by atoms with Crippen molar-refractivity contribution in [2.45, 2.75) is 33.2 Å². The van der Waals surface area contributed by atoms with Crippen LogP contribution in [0.2, 0.25) is 0 Å². The van der Waals surface area contributed by atoms with E-state index in [1.54, 1.807) is 7.11 Å². The summed E-state index contributed by atoms with van der Waals surface area (Å²) in [6.45, 7) is 6.36. The lowest BCUT2D eigenvalue weighted by atomic mass is 9.92. The van der Waals surface area contributed by atoms with Crippen molar-refractivity contribution in [3.63, 3.8) is 0 Å². The standard InChI is InChI=1S/C18H24N2O/c1-12-8-9-18(21-4)16(10-12)17(20-19)11-15-13(2)6-5-7-14(15)3/h5-10,17,20H,11,19H2,1-4H3. The van der Waals surface area contributed by atoms with E-state index in [1.165, 1.54) is 22.3 Å². The third kappa shape index (κ3) is 3.43. The van der Waals surface area contributed by atoms with Gasteiger partial charge in [0.05, 0.1) is 13.2 Å². The van der Waals surface area contributed by atoms with Crippen LogP contribution in [-0.4, -0.2) is 7.11 Å². The molecule has 0 aliphatic carbocycles. The van der Waals surface area contributed by atoms with Crippen molar-refractivity contribution in [1.82, 2.24) is 5.43 Å². The minimum atomic E-state index is 0.0275. The Morgan fingerprint density at radius 2 is 1.76 bits per heavy atom. The van der Waals surface area contributed by atoms with Crippen molar-refractivity contribution < 1.29 is 4.74 Å². The minimum absolute atomic E-state index is 0.0275. The van der Waals surface area contributed by atoms with Crippen LogP contribution in [0.25, 0.3) is 0 Å². The van der Waals surface area contributed by atoms with Gasteiger partial charge >= 0.3 is 0 Å². The summed E-state index contributed by atoms with van der Waals surface area (Å²) in [7, 11) is 1.70. The first-order valence-electron chi connectivity index (χ1n) is 7.22. The second-order valence-corrected chi connectivity index (χ2v) is 5.54. The van der Waals surface area contributed by atoms with Gasteiger partial charge in [-0.05, 0) is 49.9 Å². The number of nitrogens with one attached hydrogen (secondary N) is 1. The molecule has 112 valence electrons. The maximum absolute atomic E-state index is 5.82. The highest BCUT2D eigenvalue weighted by molar-refractivity contribution is 5.41. The molecule has 0 saturated carbocycles. The molecule has 0 aliphatic rings. The number of nitrogens with two attached hydrogens (primary N) is 1. The number of hydrazine groups is 1. The lowest BCUT2D eigenvalue weighted by Crippen LogP contribution is -2.30. The lowest BCUT2D eigenvalue weighted by molar-refractivity contribution is 0.398. The maximum Gasteiger partial charge on any atom is 0.123 e. The smallest absolute Gasteiger partial charge is 0.123 e. The molecule has 2 aromatic carbocycles. The highest BCUT2D eigenvalue weighted by Crippen LogP contribution is 2.29. The Kier molecular flexibility index (Phi) is 4.99. The van der Waals surface area contributed by atoms with Gasteiger partial charge in [0.25, 0.3) is 0 Å². The zero-order valence-electron chi connectivity index (χ0n) is 13.2. The van der Waals surface area contributed by atoms with Crippen LogP contribution >= 0.6 is 0 Å². The summed E-state index contributed by atoms with van der Waals surface area (Å²) in [4.78, 5) is 0. The average molecular weight is 284 g/mol. The first-order valence-corrected chi connectivity index (χ1v) is 7.22. The van der Waals surface area contributed by atoms with Crippen molar-refractivity contribution in [1.29, 1.82) is 0 Å². The average Bonchev–Trinajstić information content (AvgIpc) is 2.47. The third-order valence-corrected chi connectivity index (χ3v) is 4.01. The summed E-state index contributed by atoms with van der Waals surface area (Å²) in [6.07, 6.45) is 0.842. The van der Waals surface area contributed by atoms with Crippen LogP contribution in [0.1, 0.15) is 33.9 Å². The van der Waals surface area contributed by atoms with Gasteiger partial charge < -0.3 is 4.74 Å². The van der Waals surface area contributed by atoms with E-state index >= 15 is 0 Å². The van der Waals surface area contributed by atoms with Crippen molar-refractivity contribution in [3.05, 3.63) is 64.2 Å². The monoisotopic (exact) mass is 284 g/mol. The zero-order valence-corrected chi connectivity index (χ0v) is 13.2. The first kappa shape index (κ1) is 15.5. The fourth-order valence-corrected chi connectivity index (χ4v) is 2.76. The van der Waals surface area contributed by atoms with Gasteiger partial charge in [0.15, 0.2) is 0 Å². The molecule has 0 aliphatic heterocycles. The summed E-state index contributed by atoms with van der Waals surface area (Å²) < 4.78 is 5.49. The number of hydrogen-bond donors (Lipinski definition) is 2. The van der Waals surface area contributed by atoms with Crippen LogP contribution in [0.3, 0.4) is 0 Å². The van der Waals surface area contributed by atoms with E-state index in [1.807, 2.05) is 6.07 Å². The van der Waals surface area contributed by atoms with Gasteiger partial charge in [-0.1, -0.05) is 35.9 Å². The number of aryl methyl sites for hydroxylation is 3. The molecule has 0 spiro atoms. The second kappa shape index (κ2) is 6.74. The molecule has 0 radical (unpaired) electrons. The summed E-state index contributed by atoms with van der Waals surface area (Å²) >= 11 is 0. The number of methoxy groups -OCH3 is 1. The molecule has 0 aromatic heterocycles. The van der Waals surface area contributed by atoms with E-state index < -0.39 is 0 Å². The van der Waals surface area contributed by atoms with Gasteiger partial charge in [-0.25, -0.2) is 0 Å². The number of rotatable bonds is 5. The molecule has 1 unspecified atom stereocenters. The largest absolute Gasteiger partial charge is 0.496 e. The van der Waals surface area contributed by atoms with Crippen LogP contribution in [0, 0.1) is 20.8 Å². The molecule has 2 aromatic rings. The highest BCUT2D eigenvalue weighted by atomic mass is 16.5. The SMILES string of the molecule is COc1ccc(C)cc1C(Cc1c(C)cccc1C)NN. The predicted molar refractivity (Wildman–Crippen MR) is 87.4 cm³/mol. The van der Waals surface area contributed by atoms with Crippen molar-refractivity contribution in [3.8, 4) is 5.75 Å². The Morgan fingerprint density at radius 3 is 2.33 bits per heavy atom. The summed E-state index contributed by atoms with van der Waals surface area (Å²) in [5.41, 5.74) is 9.17. The van der Waals surface area contributed by atoms with E-state index in [0.29, 0.717) is 0 Å². The van der Waals surface area contributed by atoms with E-state index in [9.17, 15) is 0 Å². The normalized spacial score (nSPS) is 12.2. The Labute approximate surface area is 127 Å². The van der Waals surface area contributed by atoms with Crippen molar-refractivity contribution in [2.24, 2.45) is 5.84 Å². The Balaban J connectivity index is 2.39. The zero-order chi connectivity index (χ0) is 15.4. The number of hydrogen-bond acceptors (Lipinski definition) is 3. The fraction of sp³-hybridized carbons (Fsp3) is 0.333. The van der Waals surface area contributed by atoms with Crippen LogP contribution < -0.4 is 16.0 Å². The van der Waals surface area contributed by atoms with E-state index in [2.05, 4.69) is 56.5 Å². The molecule has 1 atom stereocenters. The third-order valence-electron chi connectivity index (χ3n) is 4.01. The number of benzene rings is 2. The van der Waals surface area contributed by atoms with Gasteiger partial charge in [-0.15, -0.1) is 0 Å². The molecule has 3 N–H and O–H groups in total. The lowest BCUT2D eigenvalue weighted by Gasteiger charge is -2.21. The Bertz CT molecular complexity index is 602. The molecular formula is C18H24N2O. The van der Waals surface area contributed by atoms with Crippen LogP contribution in [0.5, 0.6) is 5.75 Å². The molecule has 0 bridgehead atoms. The van der Waals surface area contributed by atoms with Gasteiger partial charge in [0, 0.05) is 5.56 Å². The van der Waals surface area contributed by atoms with Gasteiger partial charge in [0.2, 0.25) is 0 Å². The van der Waals surface area contributed by atoms with E-state index in [4.69, 9.17) is 10.6 Å². The van der Waals surface area contributed by atoms with E-state index in [-0.39, 0.29) is 6.04 Å². The predicted octanol–water partition coefficient (Wildman–Crippen LogP) is 3.37. The molecule has 3 heteroatoms. The first-order chi connectivity index (χ1) is 10.1. The Morgan fingerprint density at radius 1 is 1.10 bits per heavy atom. The fourth-order valence-electron chi connectivity index (χ4n) is 2.76. The van der Waals surface area contributed by atoms with Gasteiger partial charge in [0.1, 0.15) is 5.75 Å². The molecule has 0 heterocycles. The summed E-state index contributed by atoms with van der Waals surface area (Å²) in [5, 5.41) is 0. The molecule has 3 nitrogen and oxygen atoms in total. The highest BCUT2D eigenvalue weighted by Gasteiger charge is 2.17. The topological polar surface area (TPSA) is 47.3 Å². The molecular weight excluding hydrogens is 260 g/mol.